The zero-order chi connectivity index (χ0) is 15.0. The zero-order valence-corrected chi connectivity index (χ0v) is 13.8. The van der Waals surface area contributed by atoms with Gasteiger partial charge in [-0.25, -0.2) is 0 Å². The van der Waals surface area contributed by atoms with E-state index in [1.165, 1.54) is 7.11 Å². The van der Waals surface area contributed by atoms with E-state index in [0.717, 1.165) is 15.7 Å². The number of methoxy groups -OCH3 is 1. The zero-order valence-electron chi connectivity index (χ0n) is 11.7. The Morgan fingerprint density at radius 1 is 1.30 bits per heavy atom. The van der Waals surface area contributed by atoms with Gasteiger partial charge >= 0.3 is 5.97 Å². The summed E-state index contributed by atoms with van der Waals surface area (Å²) in [5.41, 5.74) is 0.785. The number of nitrogens with one attached hydrogen (secondary N) is 1. The fourth-order valence-corrected chi connectivity index (χ4v) is 2.26. The van der Waals surface area contributed by atoms with E-state index >= 15 is 0 Å². The third kappa shape index (κ3) is 5.87. The SMILES string of the molecule is CCCN(CC(=O)Nc1ccccc1I)CC(=O)OC. The highest BCUT2D eigenvalue weighted by Gasteiger charge is 2.14. The van der Waals surface area contributed by atoms with Crippen LogP contribution < -0.4 is 5.32 Å². The quantitative estimate of drug-likeness (QED) is 0.573. The van der Waals surface area contributed by atoms with Gasteiger partial charge in [-0.05, 0) is 47.7 Å². The van der Waals surface area contributed by atoms with Gasteiger partial charge in [0.1, 0.15) is 0 Å². The first-order valence-corrected chi connectivity index (χ1v) is 7.48. The maximum atomic E-state index is 12.0. The molecule has 0 fully saturated rings. The number of benzene rings is 1. The van der Waals surface area contributed by atoms with Gasteiger partial charge in [-0.2, -0.15) is 0 Å². The highest BCUT2D eigenvalue weighted by molar-refractivity contribution is 14.1. The monoisotopic (exact) mass is 390 g/mol. The van der Waals surface area contributed by atoms with Crippen molar-refractivity contribution in [2.45, 2.75) is 13.3 Å². The van der Waals surface area contributed by atoms with Crippen molar-refractivity contribution in [2.75, 3.05) is 32.1 Å². The van der Waals surface area contributed by atoms with Gasteiger partial charge in [0.15, 0.2) is 0 Å². The van der Waals surface area contributed by atoms with Crippen molar-refractivity contribution in [3.8, 4) is 0 Å². The molecule has 0 aromatic heterocycles. The summed E-state index contributed by atoms with van der Waals surface area (Å²) in [7, 11) is 1.35. The number of hydrogen-bond acceptors (Lipinski definition) is 4. The third-order valence-corrected chi connectivity index (χ3v) is 3.58. The molecule has 0 aliphatic heterocycles. The van der Waals surface area contributed by atoms with Crippen LogP contribution in [0.25, 0.3) is 0 Å². The van der Waals surface area contributed by atoms with Gasteiger partial charge in [0.25, 0.3) is 0 Å². The molecule has 0 heterocycles. The van der Waals surface area contributed by atoms with Gasteiger partial charge in [-0.15, -0.1) is 0 Å². The first-order valence-electron chi connectivity index (χ1n) is 6.40. The van der Waals surface area contributed by atoms with E-state index in [1.807, 2.05) is 31.2 Å². The van der Waals surface area contributed by atoms with Crippen molar-refractivity contribution in [3.05, 3.63) is 27.8 Å². The fraction of sp³-hybridized carbons (Fsp3) is 0.429. The van der Waals surface area contributed by atoms with E-state index in [9.17, 15) is 9.59 Å². The summed E-state index contributed by atoms with van der Waals surface area (Å²) in [6.45, 7) is 2.98. The van der Waals surface area contributed by atoms with E-state index < -0.39 is 0 Å². The van der Waals surface area contributed by atoms with Crippen LogP contribution in [0.15, 0.2) is 24.3 Å². The topological polar surface area (TPSA) is 58.6 Å². The summed E-state index contributed by atoms with van der Waals surface area (Å²) < 4.78 is 5.61. The van der Waals surface area contributed by atoms with E-state index in [1.54, 1.807) is 4.90 Å². The molecule has 1 N–H and O–H groups in total. The lowest BCUT2D eigenvalue weighted by atomic mass is 10.3. The van der Waals surface area contributed by atoms with Crippen LogP contribution in [0.2, 0.25) is 0 Å². The van der Waals surface area contributed by atoms with E-state index in [-0.39, 0.29) is 25.0 Å². The molecule has 6 heteroatoms. The van der Waals surface area contributed by atoms with Crippen LogP contribution in [-0.2, 0) is 14.3 Å². The number of para-hydroxylation sites is 1. The number of carbonyl (C=O) groups is 2. The van der Waals surface area contributed by atoms with Crippen molar-refractivity contribution in [2.24, 2.45) is 0 Å². The highest BCUT2D eigenvalue weighted by atomic mass is 127. The predicted octanol–water partition coefficient (Wildman–Crippen LogP) is 2.11. The minimum absolute atomic E-state index is 0.129. The maximum Gasteiger partial charge on any atom is 0.319 e. The Morgan fingerprint density at radius 3 is 2.60 bits per heavy atom. The Bertz CT molecular complexity index is 465. The normalized spacial score (nSPS) is 10.4. The van der Waals surface area contributed by atoms with Crippen LogP contribution in [0, 0.1) is 3.57 Å². The van der Waals surface area contributed by atoms with Crippen LogP contribution >= 0.6 is 22.6 Å². The molecule has 1 rings (SSSR count). The lowest BCUT2D eigenvalue weighted by Gasteiger charge is -2.19. The Morgan fingerprint density at radius 2 is 2.00 bits per heavy atom. The molecule has 20 heavy (non-hydrogen) atoms. The summed E-state index contributed by atoms with van der Waals surface area (Å²) in [6.07, 6.45) is 0.868. The lowest BCUT2D eigenvalue weighted by Crippen LogP contribution is -2.37. The molecule has 0 saturated heterocycles. The van der Waals surface area contributed by atoms with Gasteiger partial charge in [0.2, 0.25) is 5.91 Å². The molecule has 0 unspecified atom stereocenters. The Labute approximate surface area is 132 Å². The first-order chi connectivity index (χ1) is 9.56. The second-order valence-corrected chi connectivity index (χ2v) is 5.48. The second-order valence-electron chi connectivity index (χ2n) is 4.31. The van der Waals surface area contributed by atoms with E-state index in [0.29, 0.717) is 6.54 Å². The van der Waals surface area contributed by atoms with Crippen molar-refractivity contribution in [1.82, 2.24) is 4.90 Å². The first kappa shape index (κ1) is 16.9. The van der Waals surface area contributed by atoms with E-state index in [4.69, 9.17) is 0 Å². The number of carbonyl (C=O) groups excluding carboxylic acids is 2. The van der Waals surface area contributed by atoms with Gasteiger partial charge in [0.05, 0.1) is 25.9 Å². The molecule has 1 aromatic rings. The minimum Gasteiger partial charge on any atom is -0.468 e. The summed E-state index contributed by atoms with van der Waals surface area (Å²) in [5.74, 6) is -0.466. The largest absolute Gasteiger partial charge is 0.468 e. The van der Waals surface area contributed by atoms with Gasteiger partial charge < -0.3 is 10.1 Å². The van der Waals surface area contributed by atoms with Crippen LogP contribution in [-0.4, -0.2) is 43.5 Å². The number of nitrogens with zero attached hydrogens (tertiary/aromatic N) is 1. The second kappa shape index (κ2) is 8.91. The fourth-order valence-electron chi connectivity index (χ4n) is 1.73. The Kier molecular flexibility index (Phi) is 7.53. The third-order valence-electron chi connectivity index (χ3n) is 2.64. The average Bonchev–Trinajstić information content (AvgIpc) is 2.41. The average molecular weight is 390 g/mol. The number of rotatable bonds is 7. The Balaban J connectivity index is 2.57. The molecule has 1 aromatic carbocycles. The van der Waals surface area contributed by atoms with Crippen molar-refractivity contribution >= 4 is 40.2 Å². The molecule has 0 bridgehead atoms. The standard InChI is InChI=1S/C14H19IN2O3/c1-3-8-17(10-14(19)20-2)9-13(18)16-12-7-5-4-6-11(12)15/h4-7H,3,8-10H2,1-2H3,(H,16,18). The molecule has 1 amide bonds. The molecular weight excluding hydrogens is 371 g/mol. The molecule has 0 saturated carbocycles. The van der Waals surface area contributed by atoms with Crippen molar-refractivity contribution in [3.63, 3.8) is 0 Å². The van der Waals surface area contributed by atoms with Crippen LogP contribution in [0.4, 0.5) is 5.69 Å². The molecule has 0 spiro atoms. The summed E-state index contributed by atoms with van der Waals surface area (Å²) in [4.78, 5) is 25.1. The molecule has 110 valence electrons. The van der Waals surface area contributed by atoms with Gasteiger partial charge in [0, 0.05) is 3.57 Å². The summed E-state index contributed by atoms with van der Waals surface area (Å²) >= 11 is 2.17. The number of esters is 1. The van der Waals surface area contributed by atoms with Gasteiger partial charge in [-0.1, -0.05) is 19.1 Å². The Hall–Kier alpha value is -1.15. The number of ether oxygens (including phenoxy) is 1. The molecule has 0 aliphatic rings. The summed E-state index contributed by atoms with van der Waals surface area (Å²) in [5, 5.41) is 2.85. The van der Waals surface area contributed by atoms with Crippen LogP contribution in [0.1, 0.15) is 13.3 Å². The number of halogens is 1. The lowest BCUT2D eigenvalue weighted by molar-refractivity contribution is -0.142. The molecular formula is C14H19IN2O3. The van der Waals surface area contributed by atoms with Crippen LogP contribution in [0.5, 0.6) is 0 Å². The molecule has 0 atom stereocenters. The molecule has 0 aliphatic carbocycles. The minimum atomic E-state index is -0.333. The van der Waals surface area contributed by atoms with Crippen LogP contribution in [0.3, 0.4) is 0 Å². The smallest absolute Gasteiger partial charge is 0.319 e. The predicted molar refractivity (Wildman–Crippen MR) is 86.5 cm³/mol. The highest BCUT2D eigenvalue weighted by Crippen LogP contribution is 2.16. The molecule has 5 nitrogen and oxygen atoms in total. The van der Waals surface area contributed by atoms with Gasteiger partial charge in [-0.3, -0.25) is 14.5 Å². The number of anilines is 1. The number of amides is 1. The summed E-state index contributed by atoms with van der Waals surface area (Å²) in [6, 6.07) is 7.56. The molecule has 0 radical (unpaired) electrons. The van der Waals surface area contributed by atoms with E-state index in [2.05, 4.69) is 32.6 Å². The van der Waals surface area contributed by atoms with Crippen molar-refractivity contribution < 1.29 is 14.3 Å². The van der Waals surface area contributed by atoms with Crippen molar-refractivity contribution in [1.29, 1.82) is 0 Å². The maximum absolute atomic E-state index is 12.0. The number of hydrogen-bond donors (Lipinski definition) is 1.